The van der Waals surface area contributed by atoms with Gasteiger partial charge in [-0.05, 0) is 18.4 Å². The molecule has 86 valence electrons. The molecular formula is C14H18O2. The highest BCUT2D eigenvalue weighted by Crippen LogP contribution is 2.18. The topological polar surface area (TPSA) is 26.3 Å². The summed E-state index contributed by atoms with van der Waals surface area (Å²) in [7, 11) is 0. The molecule has 1 aliphatic rings. The highest BCUT2D eigenvalue weighted by molar-refractivity contribution is 5.83. The van der Waals surface area contributed by atoms with Gasteiger partial charge in [0, 0.05) is 6.42 Å². The van der Waals surface area contributed by atoms with E-state index in [0.29, 0.717) is 13.0 Å². The van der Waals surface area contributed by atoms with E-state index < -0.39 is 0 Å². The maximum absolute atomic E-state index is 11.7. The summed E-state index contributed by atoms with van der Waals surface area (Å²) in [6.45, 7) is 0.553. The second kappa shape index (κ2) is 5.80. The fourth-order valence-corrected chi connectivity index (χ4v) is 2.08. The van der Waals surface area contributed by atoms with Gasteiger partial charge in [-0.3, -0.25) is 4.79 Å². The van der Waals surface area contributed by atoms with Crippen LogP contribution in [-0.2, 0) is 16.1 Å². The number of hydrogen-bond donors (Lipinski definition) is 0. The van der Waals surface area contributed by atoms with Gasteiger partial charge in [0.05, 0.1) is 6.61 Å². The van der Waals surface area contributed by atoms with Gasteiger partial charge in [-0.1, -0.05) is 43.2 Å². The van der Waals surface area contributed by atoms with Gasteiger partial charge in [-0.25, -0.2) is 0 Å². The molecule has 16 heavy (non-hydrogen) atoms. The van der Waals surface area contributed by atoms with Crippen LogP contribution < -0.4 is 0 Å². The molecule has 2 nitrogen and oxygen atoms in total. The van der Waals surface area contributed by atoms with Crippen LogP contribution in [0.4, 0.5) is 0 Å². The Labute approximate surface area is 96.6 Å². The molecule has 0 bridgehead atoms. The molecule has 1 aromatic carbocycles. The highest BCUT2D eigenvalue weighted by atomic mass is 16.5. The molecular weight excluding hydrogens is 200 g/mol. The monoisotopic (exact) mass is 218 g/mol. The highest BCUT2D eigenvalue weighted by Gasteiger charge is 2.20. The smallest absolute Gasteiger partial charge is 0.161 e. The van der Waals surface area contributed by atoms with Crippen molar-refractivity contribution in [3.63, 3.8) is 0 Å². The second-order valence-electron chi connectivity index (χ2n) is 4.35. The summed E-state index contributed by atoms with van der Waals surface area (Å²) in [6.07, 6.45) is 4.74. The average Bonchev–Trinajstić information content (AvgIpc) is 2.53. The van der Waals surface area contributed by atoms with Gasteiger partial charge in [-0.2, -0.15) is 0 Å². The minimum atomic E-state index is -0.164. The quantitative estimate of drug-likeness (QED) is 0.729. The Balaban J connectivity index is 1.86. The van der Waals surface area contributed by atoms with Gasteiger partial charge in [0.2, 0.25) is 0 Å². The Morgan fingerprint density at radius 3 is 2.75 bits per heavy atom. The van der Waals surface area contributed by atoms with Crippen molar-refractivity contribution in [2.45, 2.75) is 44.8 Å². The lowest BCUT2D eigenvalue weighted by Gasteiger charge is -2.14. The standard InChI is InChI=1S/C14H18O2/c15-13-9-5-2-6-10-14(13)16-11-12-7-3-1-4-8-12/h1,3-4,7-8,14H,2,5-6,9-11H2. The van der Waals surface area contributed by atoms with Crippen molar-refractivity contribution in [3.8, 4) is 0 Å². The van der Waals surface area contributed by atoms with Gasteiger partial charge in [0.15, 0.2) is 5.78 Å². The maximum atomic E-state index is 11.7. The number of ether oxygens (including phenoxy) is 1. The normalized spacial score (nSPS) is 21.8. The number of carbonyl (C=O) groups excluding carboxylic acids is 1. The van der Waals surface area contributed by atoms with Crippen molar-refractivity contribution in [2.75, 3.05) is 0 Å². The molecule has 0 amide bonds. The molecule has 2 heteroatoms. The average molecular weight is 218 g/mol. The summed E-state index contributed by atoms with van der Waals surface area (Å²) < 4.78 is 5.71. The number of hydrogen-bond acceptors (Lipinski definition) is 2. The zero-order valence-electron chi connectivity index (χ0n) is 9.52. The Hall–Kier alpha value is -1.15. The van der Waals surface area contributed by atoms with Gasteiger partial charge >= 0.3 is 0 Å². The molecule has 1 fully saturated rings. The Morgan fingerprint density at radius 1 is 1.12 bits per heavy atom. The number of Topliss-reactive ketones (excluding diaryl/α,β-unsaturated/α-hetero) is 1. The van der Waals surface area contributed by atoms with Crippen LogP contribution in [0.15, 0.2) is 30.3 Å². The third kappa shape index (κ3) is 3.17. The summed E-state index contributed by atoms with van der Waals surface area (Å²) in [5, 5.41) is 0. The summed E-state index contributed by atoms with van der Waals surface area (Å²) >= 11 is 0. The van der Waals surface area contributed by atoms with E-state index >= 15 is 0 Å². The number of ketones is 1. The van der Waals surface area contributed by atoms with Crippen molar-refractivity contribution >= 4 is 5.78 Å². The Bertz CT molecular complexity index is 332. The van der Waals surface area contributed by atoms with Crippen LogP contribution in [0, 0.1) is 0 Å². The first-order valence-corrected chi connectivity index (χ1v) is 6.04. The summed E-state index contributed by atoms with van der Waals surface area (Å²) in [5.74, 6) is 0.286. The number of rotatable bonds is 3. The first-order valence-electron chi connectivity index (χ1n) is 6.04. The predicted octanol–water partition coefficient (Wildman–Crippen LogP) is 3.11. The molecule has 0 N–H and O–H groups in total. The maximum Gasteiger partial charge on any atom is 0.161 e. The molecule has 0 saturated heterocycles. The summed E-state index contributed by atoms with van der Waals surface area (Å²) in [5.41, 5.74) is 1.14. The SMILES string of the molecule is O=C1CCCCCC1OCc1ccccc1. The van der Waals surface area contributed by atoms with Crippen molar-refractivity contribution in [2.24, 2.45) is 0 Å². The largest absolute Gasteiger partial charge is 0.366 e. The van der Waals surface area contributed by atoms with E-state index in [1.807, 2.05) is 30.3 Å². The Morgan fingerprint density at radius 2 is 1.94 bits per heavy atom. The minimum absolute atomic E-state index is 0.164. The molecule has 0 spiro atoms. The van der Waals surface area contributed by atoms with Crippen LogP contribution in [0.5, 0.6) is 0 Å². The van der Waals surface area contributed by atoms with Gasteiger partial charge in [0.25, 0.3) is 0 Å². The lowest BCUT2D eigenvalue weighted by molar-refractivity contribution is -0.131. The van der Waals surface area contributed by atoms with Crippen LogP contribution in [0.1, 0.15) is 37.7 Å². The van der Waals surface area contributed by atoms with Gasteiger partial charge < -0.3 is 4.74 Å². The fourth-order valence-electron chi connectivity index (χ4n) is 2.08. The molecule has 1 atom stereocenters. The van der Waals surface area contributed by atoms with Crippen molar-refractivity contribution < 1.29 is 9.53 Å². The van der Waals surface area contributed by atoms with E-state index in [1.54, 1.807) is 0 Å². The molecule has 1 saturated carbocycles. The Kier molecular flexibility index (Phi) is 4.11. The van der Waals surface area contributed by atoms with E-state index in [-0.39, 0.29) is 11.9 Å². The molecule has 0 radical (unpaired) electrons. The number of carbonyl (C=O) groups is 1. The molecule has 1 aliphatic carbocycles. The first kappa shape index (κ1) is 11.3. The lowest BCUT2D eigenvalue weighted by atomic mass is 10.1. The van der Waals surface area contributed by atoms with E-state index in [2.05, 4.69) is 0 Å². The van der Waals surface area contributed by atoms with Crippen molar-refractivity contribution in [1.82, 2.24) is 0 Å². The minimum Gasteiger partial charge on any atom is -0.366 e. The van der Waals surface area contributed by atoms with E-state index in [4.69, 9.17) is 4.74 Å². The lowest BCUT2D eigenvalue weighted by Crippen LogP contribution is -2.22. The molecule has 0 aromatic heterocycles. The predicted molar refractivity (Wildman–Crippen MR) is 63.1 cm³/mol. The van der Waals surface area contributed by atoms with E-state index in [9.17, 15) is 4.79 Å². The molecule has 2 rings (SSSR count). The summed E-state index contributed by atoms with van der Waals surface area (Å²) in [4.78, 5) is 11.7. The summed E-state index contributed by atoms with van der Waals surface area (Å²) in [6, 6.07) is 10.0. The van der Waals surface area contributed by atoms with Crippen LogP contribution in [0.2, 0.25) is 0 Å². The van der Waals surface area contributed by atoms with Crippen LogP contribution in [0.3, 0.4) is 0 Å². The van der Waals surface area contributed by atoms with Crippen molar-refractivity contribution in [1.29, 1.82) is 0 Å². The molecule has 1 aromatic rings. The molecule has 0 heterocycles. The first-order chi connectivity index (χ1) is 7.86. The third-order valence-corrected chi connectivity index (χ3v) is 3.04. The van der Waals surface area contributed by atoms with E-state index in [1.165, 1.54) is 0 Å². The third-order valence-electron chi connectivity index (χ3n) is 3.04. The van der Waals surface area contributed by atoms with Crippen LogP contribution in [0.25, 0.3) is 0 Å². The molecule has 1 unspecified atom stereocenters. The van der Waals surface area contributed by atoms with E-state index in [0.717, 1.165) is 31.2 Å². The zero-order chi connectivity index (χ0) is 11.2. The zero-order valence-corrected chi connectivity index (χ0v) is 9.52. The van der Waals surface area contributed by atoms with Crippen LogP contribution >= 0.6 is 0 Å². The van der Waals surface area contributed by atoms with Crippen molar-refractivity contribution in [3.05, 3.63) is 35.9 Å². The van der Waals surface area contributed by atoms with Crippen LogP contribution in [-0.4, -0.2) is 11.9 Å². The molecule has 0 aliphatic heterocycles. The van der Waals surface area contributed by atoms with Gasteiger partial charge in [0.1, 0.15) is 6.10 Å². The number of benzene rings is 1. The van der Waals surface area contributed by atoms with Gasteiger partial charge in [-0.15, -0.1) is 0 Å². The fraction of sp³-hybridized carbons (Fsp3) is 0.500. The second-order valence-corrected chi connectivity index (χ2v) is 4.35.